The van der Waals surface area contributed by atoms with E-state index in [1.165, 1.54) is 0 Å². The molecular formula is C21H18N2O5. The summed E-state index contributed by atoms with van der Waals surface area (Å²) in [5.74, 6) is 2.77. The molecule has 2 aromatic carbocycles. The Morgan fingerprint density at radius 1 is 0.821 bits per heavy atom. The Balaban J connectivity index is 1.76. The van der Waals surface area contributed by atoms with Crippen LogP contribution in [0.1, 0.15) is 0 Å². The van der Waals surface area contributed by atoms with Crippen molar-refractivity contribution in [2.75, 3.05) is 21.3 Å². The van der Waals surface area contributed by atoms with Crippen molar-refractivity contribution >= 4 is 0 Å². The van der Waals surface area contributed by atoms with Crippen LogP contribution >= 0.6 is 0 Å². The van der Waals surface area contributed by atoms with Crippen molar-refractivity contribution in [1.29, 1.82) is 0 Å². The lowest BCUT2D eigenvalue weighted by atomic mass is 10.0. The minimum Gasteiger partial charge on any atom is -0.493 e. The summed E-state index contributed by atoms with van der Waals surface area (Å²) in [4.78, 5) is 4.16. The Labute approximate surface area is 161 Å². The van der Waals surface area contributed by atoms with E-state index in [1.54, 1.807) is 40.0 Å². The predicted octanol–water partition coefficient (Wildman–Crippen LogP) is 4.69. The first-order valence-electron chi connectivity index (χ1n) is 8.50. The van der Waals surface area contributed by atoms with Crippen LogP contribution in [0.15, 0.2) is 64.0 Å². The quantitative estimate of drug-likeness (QED) is 0.481. The Hall–Kier alpha value is -3.74. The molecule has 0 atom stereocenters. The highest BCUT2D eigenvalue weighted by molar-refractivity contribution is 5.81. The number of oxazole rings is 1. The van der Waals surface area contributed by atoms with Gasteiger partial charge in [0.05, 0.1) is 33.7 Å². The Kier molecular flexibility index (Phi) is 4.72. The SMILES string of the molecule is COc1cc(-c2oncc2-c2ccc(-c3ncco3)cc2)cc(OC)c1OC. The van der Waals surface area contributed by atoms with Crippen LogP contribution < -0.4 is 14.2 Å². The molecule has 2 heterocycles. The van der Waals surface area contributed by atoms with Crippen LogP contribution in [0.25, 0.3) is 33.9 Å². The van der Waals surface area contributed by atoms with Gasteiger partial charge in [0.2, 0.25) is 11.6 Å². The van der Waals surface area contributed by atoms with Crippen molar-refractivity contribution in [3.05, 3.63) is 55.1 Å². The molecule has 4 rings (SSSR count). The van der Waals surface area contributed by atoms with E-state index in [0.717, 1.165) is 22.3 Å². The maximum atomic E-state index is 5.55. The molecule has 7 heteroatoms. The molecule has 0 bridgehead atoms. The molecule has 28 heavy (non-hydrogen) atoms. The van der Waals surface area contributed by atoms with Gasteiger partial charge in [-0.1, -0.05) is 17.3 Å². The third-order valence-electron chi connectivity index (χ3n) is 4.37. The van der Waals surface area contributed by atoms with E-state index in [0.29, 0.717) is 28.9 Å². The average Bonchev–Trinajstić information content (AvgIpc) is 3.45. The predicted molar refractivity (Wildman–Crippen MR) is 103 cm³/mol. The Morgan fingerprint density at radius 2 is 1.50 bits per heavy atom. The molecule has 0 saturated carbocycles. The van der Waals surface area contributed by atoms with Gasteiger partial charge < -0.3 is 23.2 Å². The summed E-state index contributed by atoms with van der Waals surface area (Å²) in [6, 6.07) is 11.5. The Morgan fingerprint density at radius 3 is 2.07 bits per heavy atom. The number of benzene rings is 2. The number of methoxy groups -OCH3 is 3. The third-order valence-corrected chi connectivity index (χ3v) is 4.37. The van der Waals surface area contributed by atoms with Crippen molar-refractivity contribution < 1.29 is 23.2 Å². The van der Waals surface area contributed by atoms with E-state index < -0.39 is 0 Å². The van der Waals surface area contributed by atoms with E-state index in [2.05, 4.69) is 10.1 Å². The van der Waals surface area contributed by atoms with Gasteiger partial charge in [-0.05, 0) is 29.8 Å². The second kappa shape index (κ2) is 7.48. The number of ether oxygens (including phenoxy) is 3. The van der Waals surface area contributed by atoms with Gasteiger partial charge >= 0.3 is 0 Å². The monoisotopic (exact) mass is 378 g/mol. The van der Waals surface area contributed by atoms with Gasteiger partial charge in [-0.15, -0.1) is 0 Å². The molecular weight excluding hydrogens is 360 g/mol. The lowest BCUT2D eigenvalue weighted by molar-refractivity contribution is 0.324. The molecule has 0 unspecified atom stereocenters. The van der Waals surface area contributed by atoms with E-state index in [9.17, 15) is 0 Å². The van der Waals surface area contributed by atoms with Crippen LogP contribution in [-0.4, -0.2) is 31.5 Å². The normalized spacial score (nSPS) is 10.7. The van der Waals surface area contributed by atoms with Crippen molar-refractivity contribution in [3.63, 3.8) is 0 Å². The summed E-state index contributed by atoms with van der Waals surface area (Å²) in [7, 11) is 4.71. The average molecular weight is 378 g/mol. The summed E-state index contributed by atoms with van der Waals surface area (Å²) in [6.45, 7) is 0. The van der Waals surface area contributed by atoms with Gasteiger partial charge in [0.25, 0.3) is 0 Å². The highest BCUT2D eigenvalue weighted by Crippen LogP contribution is 2.43. The molecule has 0 spiro atoms. The van der Waals surface area contributed by atoms with Gasteiger partial charge in [0.15, 0.2) is 17.3 Å². The summed E-state index contributed by atoms with van der Waals surface area (Å²) < 4.78 is 27.1. The minimum absolute atomic E-state index is 0.519. The van der Waals surface area contributed by atoms with E-state index in [4.69, 9.17) is 23.2 Å². The first kappa shape index (κ1) is 17.7. The zero-order chi connectivity index (χ0) is 19.5. The van der Waals surface area contributed by atoms with Crippen LogP contribution in [0.2, 0.25) is 0 Å². The zero-order valence-corrected chi connectivity index (χ0v) is 15.6. The highest BCUT2D eigenvalue weighted by atomic mass is 16.5. The largest absolute Gasteiger partial charge is 0.493 e. The van der Waals surface area contributed by atoms with Crippen molar-refractivity contribution in [3.8, 4) is 51.2 Å². The smallest absolute Gasteiger partial charge is 0.225 e. The van der Waals surface area contributed by atoms with Gasteiger partial charge in [0.1, 0.15) is 6.26 Å². The maximum absolute atomic E-state index is 5.55. The van der Waals surface area contributed by atoms with Crippen LogP contribution in [0.5, 0.6) is 17.2 Å². The van der Waals surface area contributed by atoms with Gasteiger partial charge in [-0.2, -0.15) is 0 Å². The molecule has 0 fully saturated rings. The molecule has 0 radical (unpaired) electrons. The molecule has 0 N–H and O–H groups in total. The fraction of sp³-hybridized carbons (Fsp3) is 0.143. The fourth-order valence-corrected chi connectivity index (χ4v) is 3.02. The molecule has 0 aliphatic heterocycles. The van der Waals surface area contributed by atoms with Crippen LogP contribution in [0, 0.1) is 0 Å². The topological polar surface area (TPSA) is 79.8 Å². The number of hydrogen-bond donors (Lipinski definition) is 0. The standard InChI is InChI=1S/C21H18N2O5/c1-24-17-10-15(11-18(25-2)20(17)26-3)19-16(12-23-28-19)13-4-6-14(7-5-13)21-22-8-9-27-21/h4-12H,1-3H3. The lowest BCUT2D eigenvalue weighted by Crippen LogP contribution is -1.95. The second-order valence-electron chi connectivity index (χ2n) is 5.90. The van der Waals surface area contributed by atoms with E-state index in [-0.39, 0.29) is 0 Å². The second-order valence-corrected chi connectivity index (χ2v) is 5.90. The van der Waals surface area contributed by atoms with Gasteiger partial charge in [-0.3, -0.25) is 0 Å². The first-order chi connectivity index (χ1) is 13.7. The van der Waals surface area contributed by atoms with Gasteiger partial charge in [-0.25, -0.2) is 4.98 Å². The van der Waals surface area contributed by atoms with Crippen LogP contribution in [-0.2, 0) is 0 Å². The van der Waals surface area contributed by atoms with E-state index >= 15 is 0 Å². The molecule has 2 aromatic heterocycles. The Bertz CT molecular complexity index is 1040. The number of aromatic nitrogens is 2. The molecule has 142 valence electrons. The molecule has 0 amide bonds. The maximum Gasteiger partial charge on any atom is 0.225 e. The fourth-order valence-electron chi connectivity index (χ4n) is 3.02. The van der Waals surface area contributed by atoms with Gasteiger partial charge in [0, 0.05) is 16.7 Å². The van der Waals surface area contributed by atoms with Crippen LogP contribution in [0.4, 0.5) is 0 Å². The minimum atomic E-state index is 0.519. The zero-order valence-electron chi connectivity index (χ0n) is 15.6. The lowest BCUT2D eigenvalue weighted by Gasteiger charge is -2.13. The van der Waals surface area contributed by atoms with Crippen molar-refractivity contribution in [2.24, 2.45) is 0 Å². The summed E-state index contributed by atoms with van der Waals surface area (Å²) in [6.07, 6.45) is 4.84. The molecule has 0 saturated heterocycles. The van der Waals surface area contributed by atoms with Crippen molar-refractivity contribution in [1.82, 2.24) is 10.1 Å². The molecule has 0 aliphatic carbocycles. The van der Waals surface area contributed by atoms with E-state index in [1.807, 2.05) is 36.4 Å². The molecule has 0 aliphatic rings. The molecule has 4 aromatic rings. The molecule has 7 nitrogen and oxygen atoms in total. The van der Waals surface area contributed by atoms with Crippen molar-refractivity contribution in [2.45, 2.75) is 0 Å². The number of hydrogen-bond acceptors (Lipinski definition) is 7. The highest BCUT2D eigenvalue weighted by Gasteiger charge is 2.19. The summed E-state index contributed by atoms with van der Waals surface area (Å²) >= 11 is 0. The third kappa shape index (κ3) is 3.07. The summed E-state index contributed by atoms with van der Waals surface area (Å²) in [5.41, 5.74) is 3.44. The summed E-state index contributed by atoms with van der Waals surface area (Å²) in [5, 5.41) is 3.98. The number of nitrogens with zero attached hydrogens (tertiary/aromatic N) is 2. The van der Waals surface area contributed by atoms with Crippen LogP contribution in [0.3, 0.4) is 0 Å². The first-order valence-corrected chi connectivity index (χ1v) is 8.50. The number of rotatable bonds is 6.